The maximum atomic E-state index is 9.63. The first kappa shape index (κ1) is 15.3. The van der Waals surface area contributed by atoms with E-state index in [0.717, 1.165) is 19.1 Å². The number of unbranched alkanes of at least 4 members (excludes halogenated alkanes) is 2. The van der Waals surface area contributed by atoms with Crippen LogP contribution in [-0.2, 0) is 4.74 Å². The molecule has 1 aliphatic carbocycles. The topological polar surface area (TPSA) is 41.5 Å². The second-order valence-corrected chi connectivity index (χ2v) is 5.88. The van der Waals surface area contributed by atoms with Crippen molar-refractivity contribution < 1.29 is 9.84 Å². The molecule has 1 atom stereocenters. The standard InChI is InChI=1S/C13H27NO2S/c1-17-8-4-2-3-7-14-9-13(15)11-16-10-12-5-6-12/h12-15H,2-11H2,1H3. The molecule has 0 aromatic rings. The molecule has 0 aromatic carbocycles. The largest absolute Gasteiger partial charge is 0.389 e. The van der Waals surface area contributed by atoms with E-state index in [4.69, 9.17) is 4.74 Å². The summed E-state index contributed by atoms with van der Waals surface area (Å²) in [4.78, 5) is 0. The highest BCUT2D eigenvalue weighted by molar-refractivity contribution is 7.98. The van der Waals surface area contributed by atoms with E-state index in [0.29, 0.717) is 13.2 Å². The fourth-order valence-corrected chi connectivity index (χ4v) is 2.15. The van der Waals surface area contributed by atoms with Crippen LogP contribution in [-0.4, -0.2) is 49.5 Å². The number of hydrogen-bond donors (Lipinski definition) is 2. The number of nitrogens with one attached hydrogen (secondary N) is 1. The minimum absolute atomic E-state index is 0.347. The van der Waals surface area contributed by atoms with Gasteiger partial charge in [0.2, 0.25) is 0 Å². The third kappa shape index (κ3) is 9.89. The summed E-state index contributed by atoms with van der Waals surface area (Å²) in [5, 5.41) is 12.9. The maximum Gasteiger partial charge on any atom is 0.0897 e. The molecule has 0 spiro atoms. The third-order valence-corrected chi connectivity index (χ3v) is 3.64. The number of aliphatic hydroxyl groups is 1. The zero-order valence-corrected chi connectivity index (χ0v) is 11.8. The Morgan fingerprint density at radius 3 is 2.88 bits per heavy atom. The number of ether oxygens (including phenoxy) is 1. The molecule has 2 N–H and O–H groups in total. The van der Waals surface area contributed by atoms with Gasteiger partial charge in [-0.2, -0.15) is 11.8 Å². The molecule has 1 rings (SSSR count). The first-order chi connectivity index (χ1) is 8.33. The molecule has 0 bridgehead atoms. The van der Waals surface area contributed by atoms with E-state index in [1.807, 2.05) is 11.8 Å². The molecule has 1 aliphatic rings. The molecule has 0 aliphatic heterocycles. The van der Waals surface area contributed by atoms with E-state index in [2.05, 4.69) is 11.6 Å². The second-order valence-electron chi connectivity index (χ2n) is 4.89. The Bertz CT molecular complexity index is 177. The predicted molar refractivity (Wildman–Crippen MR) is 74.7 cm³/mol. The molecule has 4 heteroatoms. The summed E-state index contributed by atoms with van der Waals surface area (Å²) in [5.41, 5.74) is 0. The van der Waals surface area contributed by atoms with Crippen LogP contribution in [0.5, 0.6) is 0 Å². The zero-order valence-electron chi connectivity index (χ0n) is 11.0. The van der Waals surface area contributed by atoms with Crippen molar-refractivity contribution in [3.05, 3.63) is 0 Å². The van der Waals surface area contributed by atoms with Gasteiger partial charge in [0.15, 0.2) is 0 Å². The van der Waals surface area contributed by atoms with Crippen molar-refractivity contribution in [3.63, 3.8) is 0 Å². The molecule has 0 aromatic heterocycles. The van der Waals surface area contributed by atoms with E-state index < -0.39 is 0 Å². The van der Waals surface area contributed by atoms with Crippen molar-refractivity contribution in [1.82, 2.24) is 5.32 Å². The number of thioether (sulfide) groups is 1. The molecule has 0 amide bonds. The lowest BCUT2D eigenvalue weighted by molar-refractivity contribution is 0.0326. The van der Waals surface area contributed by atoms with Crippen LogP contribution >= 0.6 is 11.8 Å². The van der Waals surface area contributed by atoms with Gasteiger partial charge in [-0.25, -0.2) is 0 Å². The maximum absolute atomic E-state index is 9.63. The van der Waals surface area contributed by atoms with Crippen LogP contribution in [0.1, 0.15) is 32.1 Å². The summed E-state index contributed by atoms with van der Waals surface area (Å²) in [6, 6.07) is 0. The fraction of sp³-hybridized carbons (Fsp3) is 1.00. The molecule has 17 heavy (non-hydrogen) atoms. The molecule has 0 heterocycles. The normalized spacial score (nSPS) is 17.3. The Labute approximate surface area is 110 Å². The third-order valence-electron chi connectivity index (χ3n) is 2.94. The molecule has 0 radical (unpaired) electrons. The van der Waals surface area contributed by atoms with Gasteiger partial charge in [0.1, 0.15) is 0 Å². The van der Waals surface area contributed by atoms with Crippen molar-refractivity contribution in [1.29, 1.82) is 0 Å². The molecule has 1 unspecified atom stereocenters. The Morgan fingerprint density at radius 2 is 2.18 bits per heavy atom. The highest BCUT2D eigenvalue weighted by Gasteiger charge is 2.21. The van der Waals surface area contributed by atoms with Gasteiger partial charge in [-0.3, -0.25) is 0 Å². The first-order valence-electron chi connectivity index (χ1n) is 6.78. The van der Waals surface area contributed by atoms with Crippen LogP contribution in [0.25, 0.3) is 0 Å². The van der Waals surface area contributed by atoms with Crippen molar-refractivity contribution in [2.24, 2.45) is 5.92 Å². The van der Waals surface area contributed by atoms with Gasteiger partial charge in [-0.1, -0.05) is 6.42 Å². The number of hydrogen-bond acceptors (Lipinski definition) is 4. The van der Waals surface area contributed by atoms with E-state index in [1.165, 1.54) is 37.9 Å². The van der Waals surface area contributed by atoms with E-state index in [1.54, 1.807) is 0 Å². The van der Waals surface area contributed by atoms with Crippen molar-refractivity contribution >= 4 is 11.8 Å². The summed E-state index contributed by atoms with van der Waals surface area (Å²) >= 11 is 1.91. The van der Waals surface area contributed by atoms with Gasteiger partial charge < -0.3 is 15.2 Å². The minimum Gasteiger partial charge on any atom is -0.389 e. The fourth-order valence-electron chi connectivity index (χ4n) is 1.66. The Morgan fingerprint density at radius 1 is 1.35 bits per heavy atom. The SMILES string of the molecule is CSCCCCCNCC(O)COCC1CC1. The van der Waals surface area contributed by atoms with Crippen LogP contribution < -0.4 is 5.32 Å². The average Bonchev–Trinajstić information content (AvgIpc) is 3.12. The Hall–Kier alpha value is 0.230. The summed E-state index contributed by atoms with van der Waals surface area (Å²) < 4.78 is 5.44. The molecule has 0 saturated heterocycles. The predicted octanol–water partition coefficient (Wildman–Crippen LogP) is 1.90. The van der Waals surface area contributed by atoms with Crippen LogP contribution in [0.3, 0.4) is 0 Å². The zero-order chi connectivity index (χ0) is 12.3. The van der Waals surface area contributed by atoms with Gasteiger partial charge in [0, 0.05) is 13.2 Å². The van der Waals surface area contributed by atoms with Crippen LogP contribution in [0, 0.1) is 5.92 Å². The quantitative estimate of drug-likeness (QED) is 0.527. The second kappa shape index (κ2) is 10.2. The van der Waals surface area contributed by atoms with Crippen molar-refractivity contribution in [2.75, 3.05) is 38.3 Å². The van der Waals surface area contributed by atoms with Gasteiger partial charge in [0.25, 0.3) is 0 Å². The van der Waals surface area contributed by atoms with Crippen LogP contribution in [0.15, 0.2) is 0 Å². The summed E-state index contributed by atoms with van der Waals surface area (Å²) in [5.74, 6) is 2.05. The first-order valence-corrected chi connectivity index (χ1v) is 8.17. The van der Waals surface area contributed by atoms with E-state index >= 15 is 0 Å². The van der Waals surface area contributed by atoms with E-state index in [-0.39, 0.29) is 6.10 Å². The molecule has 1 saturated carbocycles. The monoisotopic (exact) mass is 261 g/mol. The summed E-state index contributed by atoms with van der Waals surface area (Å²) in [7, 11) is 0. The molecule has 1 fully saturated rings. The van der Waals surface area contributed by atoms with Gasteiger partial charge in [-0.15, -0.1) is 0 Å². The number of aliphatic hydroxyl groups excluding tert-OH is 1. The Balaban J connectivity index is 1.74. The van der Waals surface area contributed by atoms with Gasteiger partial charge in [-0.05, 0) is 50.2 Å². The van der Waals surface area contributed by atoms with Gasteiger partial charge >= 0.3 is 0 Å². The molecule has 102 valence electrons. The lowest BCUT2D eigenvalue weighted by Crippen LogP contribution is -2.31. The highest BCUT2D eigenvalue weighted by atomic mass is 32.2. The summed E-state index contributed by atoms with van der Waals surface area (Å²) in [6.07, 6.45) is 8.21. The summed E-state index contributed by atoms with van der Waals surface area (Å²) in [6.45, 7) is 2.99. The molecule has 3 nitrogen and oxygen atoms in total. The number of rotatable bonds is 12. The lowest BCUT2D eigenvalue weighted by atomic mass is 10.2. The van der Waals surface area contributed by atoms with Crippen LogP contribution in [0.2, 0.25) is 0 Å². The average molecular weight is 261 g/mol. The smallest absolute Gasteiger partial charge is 0.0897 e. The van der Waals surface area contributed by atoms with Crippen molar-refractivity contribution in [3.8, 4) is 0 Å². The molecular formula is C13H27NO2S. The van der Waals surface area contributed by atoms with Crippen molar-refractivity contribution in [2.45, 2.75) is 38.2 Å². The van der Waals surface area contributed by atoms with Gasteiger partial charge in [0.05, 0.1) is 12.7 Å². The van der Waals surface area contributed by atoms with E-state index in [9.17, 15) is 5.11 Å². The Kier molecular flexibility index (Phi) is 9.16. The highest BCUT2D eigenvalue weighted by Crippen LogP contribution is 2.28. The molecular weight excluding hydrogens is 234 g/mol. The van der Waals surface area contributed by atoms with Crippen LogP contribution in [0.4, 0.5) is 0 Å². The lowest BCUT2D eigenvalue weighted by Gasteiger charge is -2.12. The minimum atomic E-state index is -0.347.